The Kier molecular flexibility index (Phi) is 7.91. The molecule has 0 spiro atoms. The van der Waals surface area contributed by atoms with Crippen LogP contribution in [-0.4, -0.2) is 0 Å². The van der Waals surface area contributed by atoms with Gasteiger partial charge in [0.25, 0.3) is 0 Å². The van der Waals surface area contributed by atoms with Gasteiger partial charge < -0.3 is 0 Å². The molecule has 0 fully saturated rings. The van der Waals surface area contributed by atoms with Gasteiger partial charge in [0, 0.05) is 31.0 Å². The highest BCUT2D eigenvalue weighted by Gasteiger charge is 2.39. The minimum atomic E-state index is -0.141. The van der Waals surface area contributed by atoms with E-state index in [0.29, 0.717) is 0 Å². The number of benzene rings is 6. The monoisotopic (exact) mass is 684 g/mol. The predicted octanol–water partition coefficient (Wildman–Crippen LogP) is 12.7. The molecule has 0 unspecified atom stereocenters. The highest BCUT2D eigenvalue weighted by Crippen LogP contribution is 2.56. The number of fused-ring (bicyclic) bond motifs is 10. The van der Waals surface area contributed by atoms with Crippen molar-refractivity contribution in [1.29, 1.82) is 0 Å². The lowest BCUT2D eigenvalue weighted by atomic mass is 9.78. The minimum Gasteiger partial charge on any atom is -0.135 e. The molecule has 7 aromatic rings. The first-order chi connectivity index (χ1) is 25.5. The van der Waals surface area contributed by atoms with Crippen molar-refractivity contribution < 1.29 is 0 Å². The molecular formula is C51H40S. The average molecular weight is 685 g/mol. The Hall–Kier alpha value is -5.76. The maximum absolute atomic E-state index is 4.44. The molecule has 1 heterocycles. The van der Waals surface area contributed by atoms with E-state index < -0.39 is 0 Å². The number of hydrogen-bond donors (Lipinski definition) is 0. The number of thiophene rings is 1. The molecule has 0 saturated heterocycles. The second-order valence-corrected chi connectivity index (χ2v) is 15.5. The summed E-state index contributed by atoms with van der Waals surface area (Å²) in [5.74, 6) is 0. The predicted molar refractivity (Wildman–Crippen MR) is 227 cm³/mol. The van der Waals surface area contributed by atoms with Crippen LogP contribution in [0.25, 0.3) is 64.3 Å². The van der Waals surface area contributed by atoms with Crippen molar-refractivity contribution in [1.82, 2.24) is 0 Å². The van der Waals surface area contributed by atoms with Crippen molar-refractivity contribution in [2.24, 2.45) is 0 Å². The summed E-state index contributed by atoms with van der Waals surface area (Å²) in [6.07, 6.45) is 16.9. The fraction of sp³-hybridized carbons (Fsp3) is 0.0980. The lowest BCUT2D eigenvalue weighted by Gasteiger charge is -2.25. The van der Waals surface area contributed by atoms with Crippen LogP contribution in [0.15, 0.2) is 177 Å². The Balaban J connectivity index is 1.29. The van der Waals surface area contributed by atoms with Crippen LogP contribution in [0, 0.1) is 0 Å². The third-order valence-corrected chi connectivity index (χ3v) is 12.2. The zero-order valence-corrected chi connectivity index (χ0v) is 30.6. The number of allylic oxidation sites excluding steroid dienone is 8. The first-order valence-electron chi connectivity index (χ1n) is 18.2. The molecule has 1 heteroatoms. The van der Waals surface area contributed by atoms with Gasteiger partial charge in [0.2, 0.25) is 0 Å². The quantitative estimate of drug-likeness (QED) is 0.158. The van der Waals surface area contributed by atoms with Crippen LogP contribution in [0.5, 0.6) is 0 Å². The zero-order valence-electron chi connectivity index (χ0n) is 29.7. The average Bonchev–Trinajstić information content (AvgIpc) is 3.68. The second-order valence-electron chi connectivity index (χ2n) is 14.4. The van der Waals surface area contributed by atoms with Crippen molar-refractivity contribution in [3.63, 3.8) is 0 Å². The van der Waals surface area contributed by atoms with E-state index in [2.05, 4.69) is 167 Å². The van der Waals surface area contributed by atoms with Crippen LogP contribution < -0.4 is 10.4 Å². The van der Waals surface area contributed by atoms with Crippen molar-refractivity contribution in [2.45, 2.75) is 32.1 Å². The Morgan fingerprint density at radius 2 is 1.37 bits per heavy atom. The van der Waals surface area contributed by atoms with E-state index in [1.807, 2.05) is 23.5 Å². The molecule has 1 aromatic heterocycles. The Morgan fingerprint density at radius 3 is 2.19 bits per heavy atom. The van der Waals surface area contributed by atoms with Crippen LogP contribution in [-0.2, 0) is 5.41 Å². The highest BCUT2D eigenvalue weighted by atomic mass is 32.1. The molecule has 0 nitrogen and oxygen atoms in total. The van der Waals surface area contributed by atoms with Gasteiger partial charge in [-0.15, -0.1) is 11.3 Å². The number of hydrogen-bond acceptors (Lipinski definition) is 1. The summed E-state index contributed by atoms with van der Waals surface area (Å²) >= 11 is 1.92. The third kappa shape index (κ3) is 5.11. The minimum absolute atomic E-state index is 0.141. The van der Waals surface area contributed by atoms with Gasteiger partial charge in [-0.1, -0.05) is 173 Å². The third-order valence-electron chi connectivity index (χ3n) is 11.0. The van der Waals surface area contributed by atoms with E-state index >= 15 is 0 Å². The van der Waals surface area contributed by atoms with E-state index in [-0.39, 0.29) is 5.41 Å². The van der Waals surface area contributed by atoms with Crippen molar-refractivity contribution in [3.05, 3.63) is 204 Å². The second kappa shape index (κ2) is 12.8. The first-order valence-corrected chi connectivity index (χ1v) is 19.0. The summed E-state index contributed by atoms with van der Waals surface area (Å²) in [5.41, 5.74) is 12.5. The zero-order chi connectivity index (χ0) is 35.4. The van der Waals surface area contributed by atoms with Gasteiger partial charge >= 0.3 is 0 Å². The molecule has 0 bridgehead atoms. The molecule has 0 radical (unpaired) electrons. The standard InChI is InChI=1S/C51H40S/c1-5-6-17-33(2)36-18-9-7-8-10-19-37(39-21-12-11-20-38(36)39)34-26-28-35(29-27-34)44-32-45-41(30-31-42-40-22-14-16-25-47(40)52-50(42)45)48-43-23-13-15-24-46(43)51(3,4)49(44)48/h5-6,9-32H,1-2,7-8H2,3-4H3/b17-6-,18-9?,19-10+,38-36?,39-37+. The van der Waals surface area contributed by atoms with E-state index in [4.69, 9.17) is 0 Å². The van der Waals surface area contributed by atoms with Gasteiger partial charge in [-0.05, 0) is 96.5 Å². The van der Waals surface area contributed by atoms with Gasteiger partial charge in [-0.2, -0.15) is 0 Å². The smallest absolute Gasteiger partial charge is 0.0434 e. The van der Waals surface area contributed by atoms with Crippen LogP contribution in [0.4, 0.5) is 0 Å². The molecule has 0 atom stereocenters. The van der Waals surface area contributed by atoms with Gasteiger partial charge in [-0.3, -0.25) is 0 Å². The summed E-state index contributed by atoms with van der Waals surface area (Å²) < 4.78 is 2.70. The molecule has 9 rings (SSSR count). The molecule has 0 N–H and O–H groups in total. The van der Waals surface area contributed by atoms with Crippen LogP contribution >= 0.6 is 11.3 Å². The van der Waals surface area contributed by atoms with Gasteiger partial charge in [0.1, 0.15) is 0 Å². The fourth-order valence-corrected chi connectivity index (χ4v) is 9.78. The highest BCUT2D eigenvalue weighted by molar-refractivity contribution is 7.26. The van der Waals surface area contributed by atoms with Gasteiger partial charge in [-0.25, -0.2) is 0 Å². The molecule has 0 aliphatic heterocycles. The molecule has 0 saturated carbocycles. The van der Waals surface area contributed by atoms with E-state index in [9.17, 15) is 0 Å². The molecule has 52 heavy (non-hydrogen) atoms. The summed E-state index contributed by atoms with van der Waals surface area (Å²) in [6, 6.07) is 43.2. The van der Waals surface area contributed by atoms with Crippen LogP contribution in [0.2, 0.25) is 0 Å². The molecule has 2 aliphatic rings. The van der Waals surface area contributed by atoms with E-state index in [0.717, 1.165) is 24.0 Å². The maximum Gasteiger partial charge on any atom is 0.0434 e. The molecular weight excluding hydrogens is 645 g/mol. The number of rotatable bonds is 5. The Bertz CT molecular complexity index is 2830. The van der Waals surface area contributed by atoms with Crippen molar-refractivity contribution in [2.75, 3.05) is 0 Å². The fourth-order valence-electron chi connectivity index (χ4n) is 8.56. The lowest BCUT2D eigenvalue weighted by Crippen LogP contribution is -2.29. The van der Waals surface area contributed by atoms with Crippen LogP contribution in [0.1, 0.15) is 43.4 Å². The molecule has 250 valence electrons. The van der Waals surface area contributed by atoms with Gasteiger partial charge in [0.15, 0.2) is 0 Å². The van der Waals surface area contributed by atoms with E-state index in [1.165, 1.54) is 85.9 Å². The normalized spacial score (nSPS) is 16.6. The molecule has 2 aliphatic carbocycles. The Labute approximate surface area is 310 Å². The summed E-state index contributed by atoms with van der Waals surface area (Å²) in [7, 11) is 0. The van der Waals surface area contributed by atoms with Crippen molar-refractivity contribution >= 4 is 53.4 Å². The summed E-state index contributed by atoms with van der Waals surface area (Å²) in [6.45, 7) is 13.1. The molecule has 0 amide bonds. The Morgan fingerprint density at radius 1 is 0.673 bits per heavy atom. The lowest BCUT2D eigenvalue weighted by molar-refractivity contribution is 0.662. The maximum atomic E-state index is 4.44. The van der Waals surface area contributed by atoms with E-state index in [1.54, 1.807) is 6.08 Å². The first kappa shape index (κ1) is 32.2. The van der Waals surface area contributed by atoms with Crippen molar-refractivity contribution in [3.8, 4) is 22.3 Å². The summed E-state index contributed by atoms with van der Waals surface area (Å²) in [4.78, 5) is 0. The SMILES string of the molecule is C=C/C=C\C(=C)C1=c2cccc/c2=C(c2ccc(-c3cc4c(ccc5c6ccccc6sc45)c4c3C(C)(C)c3ccccc3-4)cc2)/C=C/CCC=C1. The topological polar surface area (TPSA) is 0 Å². The summed E-state index contributed by atoms with van der Waals surface area (Å²) in [5, 5.41) is 7.75. The molecule has 6 aromatic carbocycles. The van der Waals surface area contributed by atoms with Gasteiger partial charge in [0.05, 0.1) is 0 Å². The largest absolute Gasteiger partial charge is 0.135 e. The van der Waals surface area contributed by atoms with Crippen LogP contribution in [0.3, 0.4) is 0 Å².